The van der Waals surface area contributed by atoms with E-state index in [1.165, 1.54) is 0 Å². The Morgan fingerprint density at radius 3 is 2.50 bits per heavy atom. The fourth-order valence-corrected chi connectivity index (χ4v) is 2.67. The van der Waals surface area contributed by atoms with Gasteiger partial charge in [0.25, 0.3) is 0 Å². The van der Waals surface area contributed by atoms with Crippen molar-refractivity contribution in [1.82, 2.24) is 4.90 Å². The quantitative estimate of drug-likeness (QED) is 0.779. The van der Waals surface area contributed by atoms with Crippen LogP contribution >= 0.6 is 0 Å². The Morgan fingerprint density at radius 1 is 1.25 bits per heavy atom. The molecule has 92 valence electrons. The first-order valence-electron chi connectivity index (χ1n) is 6.25. The Hall–Kier alpha value is -0.640. The zero-order chi connectivity index (χ0) is 11.5. The Kier molecular flexibility index (Phi) is 3.79. The Bertz CT molecular complexity index is 251. The lowest BCUT2D eigenvalue weighted by Crippen LogP contribution is -2.31. The van der Waals surface area contributed by atoms with Crippen molar-refractivity contribution in [3.63, 3.8) is 0 Å². The second-order valence-corrected chi connectivity index (χ2v) is 5.10. The molecule has 0 aromatic rings. The van der Waals surface area contributed by atoms with Crippen molar-refractivity contribution in [2.24, 2.45) is 5.92 Å². The summed E-state index contributed by atoms with van der Waals surface area (Å²) in [7, 11) is 0. The van der Waals surface area contributed by atoms with Crippen molar-refractivity contribution in [2.75, 3.05) is 13.1 Å². The van der Waals surface area contributed by atoms with E-state index in [1.807, 2.05) is 0 Å². The number of likely N-dealkylation sites (tertiary alicyclic amines) is 1. The average Bonchev–Trinajstić information content (AvgIpc) is 2.68. The van der Waals surface area contributed by atoms with Crippen LogP contribution in [0.4, 0.5) is 4.39 Å². The summed E-state index contributed by atoms with van der Waals surface area (Å²) in [6.07, 6.45) is 3.52. The van der Waals surface area contributed by atoms with E-state index in [4.69, 9.17) is 0 Å². The van der Waals surface area contributed by atoms with E-state index in [1.54, 1.807) is 4.90 Å². The van der Waals surface area contributed by atoms with Crippen LogP contribution in [-0.2, 0) is 4.79 Å². The smallest absolute Gasteiger partial charge is 0.222 e. The summed E-state index contributed by atoms with van der Waals surface area (Å²) >= 11 is 0. The van der Waals surface area contributed by atoms with Crippen LogP contribution < -0.4 is 0 Å². The number of amides is 1. The zero-order valence-electron chi connectivity index (χ0n) is 9.57. The number of hydrogen-bond acceptors (Lipinski definition) is 2. The Labute approximate surface area is 95.6 Å². The number of alkyl halides is 1. The van der Waals surface area contributed by atoms with Crippen molar-refractivity contribution >= 4 is 5.91 Å². The molecule has 0 aromatic heterocycles. The van der Waals surface area contributed by atoms with Gasteiger partial charge in [0, 0.05) is 13.0 Å². The van der Waals surface area contributed by atoms with Crippen LogP contribution in [-0.4, -0.2) is 41.3 Å². The van der Waals surface area contributed by atoms with Crippen LogP contribution in [0.3, 0.4) is 0 Å². The Balaban J connectivity index is 1.75. The second kappa shape index (κ2) is 5.13. The maximum Gasteiger partial charge on any atom is 0.222 e. The molecule has 16 heavy (non-hydrogen) atoms. The fraction of sp³-hybridized carbons (Fsp3) is 0.917. The highest BCUT2D eigenvalue weighted by molar-refractivity contribution is 5.76. The van der Waals surface area contributed by atoms with Gasteiger partial charge in [0.2, 0.25) is 5.91 Å². The highest BCUT2D eigenvalue weighted by Gasteiger charge is 2.28. The molecule has 0 unspecified atom stereocenters. The van der Waals surface area contributed by atoms with Crippen LogP contribution in [0.25, 0.3) is 0 Å². The molecule has 1 atom stereocenters. The van der Waals surface area contributed by atoms with Crippen LogP contribution in [0, 0.1) is 5.92 Å². The van der Waals surface area contributed by atoms with Crippen molar-refractivity contribution in [1.29, 1.82) is 0 Å². The number of nitrogens with zero attached hydrogens (tertiary/aromatic N) is 1. The minimum absolute atomic E-state index is 0.0986. The maximum atomic E-state index is 12.9. The van der Waals surface area contributed by atoms with Crippen molar-refractivity contribution < 1.29 is 14.3 Å². The lowest BCUT2D eigenvalue weighted by Gasteiger charge is -2.26. The van der Waals surface area contributed by atoms with E-state index in [9.17, 15) is 14.3 Å². The molecule has 1 aliphatic heterocycles. The molecule has 3 nitrogen and oxygen atoms in total. The fourth-order valence-electron chi connectivity index (χ4n) is 2.67. The maximum absolute atomic E-state index is 12.9. The number of halogens is 1. The minimum Gasteiger partial charge on any atom is -0.393 e. The minimum atomic E-state index is -0.822. The summed E-state index contributed by atoms with van der Waals surface area (Å²) < 4.78 is 12.9. The summed E-state index contributed by atoms with van der Waals surface area (Å²) in [5, 5.41) is 9.36. The number of rotatable bonds is 2. The Morgan fingerprint density at radius 2 is 1.94 bits per heavy atom. The second-order valence-electron chi connectivity index (χ2n) is 5.10. The predicted octanol–water partition coefficient (Wildman–Crippen LogP) is 1.50. The molecule has 1 saturated heterocycles. The molecule has 1 N–H and O–H groups in total. The molecule has 2 fully saturated rings. The molecule has 0 aromatic carbocycles. The summed E-state index contributed by atoms with van der Waals surface area (Å²) in [6, 6.07) is 0. The lowest BCUT2D eigenvalue weighted by atomic mass is 9.85. The van der Waals surface area contributed by atoms with Crippen molar-refractivity contribution in [2.45, 2.75) is 50.8 Å². The molecular formula is C12H20FNO2. The summed E-state index contributed by atoms with van der Waals surface area (Å²) in [4.78, 5) is 13.5. The van der Waals surface area contributed by atoms with Crippen LogP contribution in [0.5, 0.6) is 0 Å². The average molecular weight is 229 g/mol. The van der Waals surface area contributed by atoms with E-state index in [0.29, 0.717) is 25.3 Å². The highest BCUT2D eigenvalue weighted by atomic mass is 19.1. The van der Waals surface area contributed by atoms with E-state index in [2.05, 4.69) is 0 Å². The van der Waals surface area contributed by atoms with Gasteiger partial charge in [-0.05, 0) is 38.0 Å². The number of carbonyl (C=O) groups is 1. The van der Waals surface area contributed by atoms with Crippen LogP contribution in [0.2, 0.25) is 0 Å². The third-order valence-corrected chi connectivity index (χ3v) is 3.76. The third-order valence-electron chi connectivity index (χ3n) is 3.76. The monoisotopic (exact) mass is 229 g/mol. The van der Waals surface area contributed by atoms with E-state index in [0.717, 1.165) is 25.7 Å². The molecule has 2 aliphatic rings. The molecule has 1 saturated carbocycles. The number of hydrogen-bond donors (Lipinski definition) is 1. The summed E-state index contributed by atoms with van der Waals surface area (Å²) in [5.41, 5.74) is 0. The molecule has 1 amide bonds. The molecule has 1 aliphatic carbocycles. The van der Waals surface area contributed by atoms with Gasteiger partial charge in [0.1, 0.15) is 6.17 Å². The predicted molar refractivity (Wildman–Crippen MR) is 58.7 cm³/mol. The molecule has 0 spiro atoms. The normalized spacial score (nSPS) is 35.4. The van der Waals surface area contributed by atoms with Crippen LogP contribution in [0.1, 0.15) is 38.5 Å². The van der Waals surface area contributed by atoms with Crippen LogP contribution in [0.15, 0.2) is 0 Å². The largest absolute Gasteiger partial charge is 0.393 e. The van der Waals surface area contributed by atoms with E-state index in [-0.39, 0.29) is 18.6 Å². The van der Waals surface area contributed by atoms with Gasteiger partial charge in [-0.2, -0.15) is 0 Å². The van der Waals surface area contributed by atoms with Gasteiger partial charge in [-0.3, -0.25) is 4.79 Å². The first-order valence-corrected chi connectivity index (χ1v) is 6.25. The molecular weight excluding hydrogens is 209 g/mol. The van der Waals surface area contributed by atoms with Gasteiger partial charge in [0.15, 0.2) is 0 Å². The summed E-state index contributed by atoms with van der Waals surface area (Å²) in [6.45, 7) is 0.865. The SMILES string of the molecule is O=C(CC1CCC(O)CC1)N1CC[C@H](F)C1. The summed E-state index contributed by atoms with van der Waals surface area (Å²) in [5.74, 6) is 0.496. The zero-order valence-corrected chi connectivity index (χ0v) is 9.57. The molecule has 4 heteroatoms. The van der Waals surface area contributed by atoms with Gasteiger partial charge >= 0.3 is 0 Å². The first-order chi connectivity index (χ1) is 7.65. The van der Waals surface area contributed by atoms with Crippen molar-refractivity contribution in [3.05, 3.63) is 0 Å². The van der Waals surface area contributed by atoms with E-state index < -0.39 is 6.17 Å². The lowest BCUT2D eigenvalue weighted by molar-refractivity contribution is -0.131. The topological polar surface area (TPSA) is 40.5 Å². The molecule has 0 radical (unpaired) electrons. The van der Waals surface area contributed by atoms with Gasteiger partial charge < -0.3 is 10.0 Å². The van der Waals surface area contributed by atoms with E-state index >= 15 is 0 Å². The van der Waals surface area contributed by atoms with Gasteiger partial charge in [-0.1, -0.05) is 0 Å². The van der Waals surface area contributed by atoms with Crippen molar-refractivity contribution in [3.8, 4) is 0 Å². The molecule has 0 bridgehead atoms. The van der Waals surface area contributed by atoms with Gasteiger partial charge in [-0.25, -0.2) is 4.39 Å². The molecule has 2 rings (SSSR count). The third kappa shape index (κ3) is 2.94. The standard InChI is InChI=1S/C12H20FNO2/c13-10-5-6-14(8-10)12(16)7-9-1-3-11(15)4-2-9/h9-11,15H,1-8H2/t9?,10-,11?/m0/s1. The highest BCUT2D eigenvalue weighted by Crippen LogP contribution is 2.28. The first kappa shape index (κ1) is 11.8. The number of aliphatic hydroxyl groups is 1. The molecule has 1 heterocycles. The number of aliphatic hydroxyl groups excluding tert-OH is 1. The van der Waals surface area contributed by atoms with Gasteiger partial charge in [0.05, 0.1) is 12.6 Å². The van der Waals surface area contributed by atoms with Gasteiger partial charge in [-0.15, -0.1) is 0 Å². The number of carbonyl (C=O) groups excluding carboxylic acids is 1.